The average molecular weight is 313 g/mol. The van der Waals surface area contributed by atoms with E-state index in [-0.39, 0.29) is 19.8 Å². The minimum atomic E-state index is -0.714. The molecule has 120 valence electrons. The van der Waals surface area contributed by atoms with Crippen LogP contribution in [0.15, 0.2) is 60.7 Å². The molecule has 0 N–H and O–H groups in total. The van der Waals surface area contributed by atoms with Gasteiger partial charge in [-0.25, -0.2) is 14.5 Å². The highest BCUT2D eigenvalue weighted by molar-refractivity contribution is 5.87. The summed E-state index contributed by atoms with van der Waals surface area (Å²) in [6.45, 7) is 2.10. The van der Waals surface area contributed by atoms with Crippen molar-refractivity contribution < 1.29 is 19.1 Å². The molecule has 0 saturated carbocycles. The number of carbonyl (C=O) groups excluding carboxylic acids is 2. The predicted octanol–water partition coefficient (Wildman–Crippen LogP) is 3.98. The SMILES string of the molecule is CCN(C(=O)OCc1ccccc1)C(=O)OCc1ccccc1. The van der Waals surface area contributed by atoms with Crippen LogP contribution in [0.2, 0.25) is 0 Å². The minimum absolute atomic E-state index is 0.113. The third kappa shape index (κ3) is 5.14. The van der Waals surface area contributed by atoms with E-state index in [1.165, 1.54) is 0 Å². The highest BCUT2D eigenvalue weighted by atomic mass is 16.6. The third-order valence-corrected chi connectivity index (χ3v) is 3.17. The molecule has 0 radical (unpaired) electrons. The summed E-state index contributed by atoms with van der Waals surface area (Å²) in [5, 5.41) is 0. The van der Waals surface area contributed by atoms with Crippen molar-refractivity contribution in [3.63, 3.8) is 0 Å². The van der Waals surface area contributed by atoms with Crippen molar-refractivity contribution in [2.75, 3.05) is 6.54 Å². The fraction of sp³-hybridized carbons (Fsp3) is 0.222. The Labute approximate surface area is 135 Å². The van der Waals surface area contributed by atoms with Gasteiger partial charge >= 0.3 is 12.2 Å². The normalized spacial score (nSPS) is 9.96. The molecule has 0 aliphatic rings. The molecule has 0 unspecified atom stereocenters. The summed E-state index contributed by atoms with van der Waals surface area (Å²) in [4.78, 5) is 24.9. The van der Waals surface area contributed by atoms with Crippen molar-refractivity contribution in [2.45, 2.75) is 20.1 Å². The second-order valence-corrected chi connectivity index (χ2v) is 4.82. The van der Waals surface area contributed by atoms with Crippen LogP contribution in [0.5, 0.6) is 0 Å². The molecule has 2 rings (SSSR count). The molecule has 23 heavy (non-hydrogen) atoms. The number of benzene rings is 2. The highest BCUT2D eigenvalue weighted by Crippen LogP contribution is 2.07. The molecule has 5 heteroatoms. The zero-order valence-corrected chi connectivity index (χ0v) is 13.0. The van der Waals surface area contributed by atoms with Gasteiger partial charge in [-0.05, 0) is 18.1 Å². The molecule has 0 atom stereocenters. The van der Waals surface area contributed by atoms with Gasteiger partial charge in [0.25, 0.3) is 0 Å². The number of hydrogen-bond donors (Lipinski definition) is 0. The molecule has 5 nitrogen and oxygen atoms in total. The van der Waals surface area contributed by atoms with Gasteiger partial charge < -0.3 is 9.47 Å². The summed E-state index contributed by atoms with van der Waals surface area (Å²) in [6, 6.07) is 18.6. The molecule has 2 amide bonds. The summed E-state index contributed by atoms with van der Waals surface area (Å²) in [7, 11) is 0. The largest absolute Gasteiger partial charge is 0.444 e. The molecular formula is C18H19NO4. The lowest BCUT2D eigenvalue weighted by Crippen LogP contribution is -2.37. The fourth-order valence-electron chi connectivity index (χ4n) is 1.93. The van der Waals surface area contributed by atoms with Crippen molar-refractivity contribution in [2.24, 2.45) is 0 Å². The molecule has 0 aliphatic carbocycles. The molecule has 0 bridgehead atoms. The monoisotopic (exact) mass is 313 g/mol. The van der Waals surface area contributed by atoms with Crippen LogP contribution in [0.3, 0.4) is 0 Å². The first-order valence-electron chi connectivity index (χ1n) is 7.39. The Kier molecular flexibility index (Phi) is 6.17. The van der Waals surface area contributed by atoms with E-state index in [0.29, 0.717) is 0 Å². The number of rotatable bonds is 5. The maximum absolute atomic E-state index is 12.0. The summed E-state index contributed by atoms with van der Waals surface area (Å²) in [5.41, 5.74) is 1.71. The summed E-state index contributed by atoms with van der Waals surface area (Å²) < 4.78 is 10.3. The maximum atomic E-state index is 12.0. The first kappa shape index (κ1) is 16.5. The zero-order valence-electron chi connectivity index (χ0n) is 13.0. The highest BCUT2D eigenvalue weighted by Gasteiger charge is 2.22. The number of hydrogen-bond acceptors (Lipinski definition) is 4. The average Bonchev–Trinajstić information content (AvgIpc) is 2.60. The first-order chi connectivity index (χ1) is 11.2. The summed E-state index contributed by atoms with van der Waals surface area (Å²) >= 11 is 0. The van der Waals surface area contributed by atoms with E-state index in [2.05, 4.69) is 0 Å². The molecule has 0 heterocycles. The third-order valence-electron chi connectivity index (χ3n) is 3.17. The molecular weight excluding hydrogens is 294 g/mol. The lowest BCUT2D eigenvalue weighted by Gasteiger charge is -2.18. The van der Waals surface area contributed by atoms with E-state index in [9.17, 15) is 9.59 Å². The van der Waals surface area contributed by atoms with Crippen LogP contribution >= 0.6 is 0 Å². The predicted molar refractivity (Wildman–Crippen MR) is 85.6 cm³/mol. The zero-order chi connectivity index (χ0) is 16.5. The van der Waals surface area contributed by atoms with Crippen LogP contribution in [0.1, 0.15) is 18.1 Å². The number of nitrogens with zero attached hydrogens (tertiary/aromatic N) is 1. The Balaban J connectivity index is 1.85. The smallest absolute Gasteiger partial charge is 0.419 e. The van der Waals surface area contributed by atoms with Crippen molar-refractivity contribution in [1.82, 2.24) is 4.90 Å². The fourth-order valence-corrected chi connectivity index (χ4v) is 1.93. The van der Waals surface area contributed by atoms with Crippen LogP contribution in [0.4, 0.5) is 9.59 Å². The summed E-state index contributed by atoms with van der Waals surface area (Å²) in [6.07, 6.45) is -1.43. The molecule has 0 aromatic heterocycles. The Bertz CT molecular complexity index is 572. The van der Waals surface area contributed by atoms with E-state index in [0.717, 1.165) is 16.0 Å². The molecule has 2 aromatic rings. The van der Waals surface area contributed by atoms with E-state index < -0.39 is 12.2 Å². The van der Waals surface area contributed by atoms with Gasteiger partial charge in [0.05, 0.1) is 0 Å². The second-order valence-electron chi connectivity index (χ2n) is 4.82. The van der Waals surface area contributed by atoms with E-state index in [1.807, 2.05) is 60.7 Å². The molecule has 0 fully saturated rings. The minimum Gasteiger partial charge on any atom is -0.444 e. The lowest BCUT2D eigenvalue weighted by atomic mass is 10.2. The number of carbonyl (C=O) groups is 2. The van der Waals surface area contributed by atoms with E-state index in [4.69, 9.17) is 9.47 Å². The van der Waals surface area contributed by atoms with Gasteiger partial charge in [-0.1, -0.05) is 60.7 Å². The van der Waals surface area contributed by atoms with Crippen LogP contribution in [0.25, 0.3) is 0 Å². The Morgan fingerprint density at radius 3 is 1.52 bits per heavy atom. The first-order valence-corrected chi connectivity index (χ1v) is 7.39. The molecule has 0 saturated heterocycles. The van der Waals surface area contributed by atoms with Crippen molar-refractivity contribution in [3.8, 4) is 0 Å². The van der Waals surface area contributed by atoms with Crippen molar-refractivity contribution >= 4 is 12.2 Å². The van der Waals surface area contributed by atoms with Gasteiger partial charge in [0, 0.05) is 6.54 Å². The number of ether oxygens (including phenoxy) is 2. The lowest BCUT2D eigenvalue weighted by molar-refractivity contribution is 0.0716. The van der Waals surface area contributed by atoms with Crippen molar-refractivity contribution in [3.05, 3.63) is 71.8 Å². The van der Waals surface area contributed by atoms with Gasteiger partial charge in [0.15, 0.2) is 0 Å². The van der Waals surface area contributed by atoms with Gasteiger partial charge in [-0.15, -0.1) is 0 Å². The Hall–Kier alpha value is -2.82. The summed E-state index contributed by atoms with van der Waals surface area (Å²) in [5.74, 6) is 0. The van der Waals surface area contributed by atoms with E-state index >= 15 is 0 Å². The van der Waals surface area contributed by atoms with Crippen LogP contribution in [0, 0.1) is 0 Å². The van der Waals surface area contributed by atoms with E-state index in [1.54, 1.807) is 6.92 Å². The Morgan fingerprint density at radius 2 is 1.17 bits per heavy atom. The van der Waals surface area contributed by atoms with Gasteiger partial charge in [-0.2, -0.15) is 0 Å². The topological polar surface area (TPSA) is 55.8 Å². The van der Waals surface area contributed by atoms with Gasteiger partial charge in [-0.3, -0.25) is 0 Å². The standard InChI is InChI=1S/C18H19NO4/c1-2-19(17(20)22-13-15-9-5-3-6-10-15)18(21)23-14-16-11-7-4-8-12-16/h3-12H,2,13-14H2,1H3. The van der Waals surface area contributed by atoms with Gasteiger partial charge in [0.2, 0.25) is 0 Å². The maximum Gasteiger partial charge on any atom is 0.419 e. The van der Waals surface area contributed by atoms with Crippen molar-refractivity contribution in [1.29, 1.82) is 0 Å². The second kappa shape index (κ2) is 8.58. The quantitative estimate of drug-likeness (QED) is 0.837. The van der Waals surface area contributed by atoms with Crippen LogP contribution in [-0.4, -0.2) is 23.6 Å². The van der Waals surface area contributed by atoms with Gasteiger partial charge in [0.1, 0.15) is 13.2 Å². The molecule has 2 aromatic carbocycles. The number of imide groups is 1. The van der Waals surface area contributed by atoms with Crippen LogP contribution < -0.4 is 0 Å². The molecule has 0 aliphatic heterocycles. The van der Waals surface area contributed by atoms with Crippen LogP contribution in [-0.2, 0) is 22.7 Å². The molecule has 0 spiro atoms. The Morgan fingerprint density at radius 1 is 0.783 bits per heavy atom. The number of amides is 2.